The Morgan fingerprint density at radius 2 is 2.06 bits per heavy atom. The van der Waals surface area contributed by atoms with Crippen LogP contribution in [0.2, 0.25) is 0 Å². The van der Waals surface area contributed by atoms with E-state index in [-0.39, 0.29) is 0 Å². The maximum Gasteiger partial charge on any atom is 0.323 e. The molecule has 1 aromatic heterocycles. The Bertz CT molecular complexity index is 606. The van der Waals surface area contributed by atoms with Gasteiger partial charge in [0.15, 0.2) is 0 Å². The third-order valence-corrected chi connectivity index (χ3v) is 4.29. The van der Waals surface area contributed by atoms with Crippen molar-refractivity contribution in [1.29, 1.82) is 0 Å². The molecule has 0 spiro atoms. The van der Waals surface area contributed by atoms with E-state index >= 15 is 0 Å². The molecule has 86 valence electrons. The lowest BCUT2D eigenvalue weighted by atomic mass is 10.3. The highest BCUT2D eigenvalue weighted by atomic mass is 32.1. The van der Waals surface area contributed by atoms with Crippen LogP contribution in [0.25, 0.3) is 10.2 Å². The number of carbonyl (C=O) groups excluding carboxylic acids is 2. The van der Waals surface area contributed by atoms with Crippen molar-refractivity contribution in [2.75, 3.05) is 0 Å². The zero-order valence-electron chi connectivity index (χ0n) is 8.43. The van der Waals surface area contributed by atoms with Gasteiger partial charge in [-0.3, -0.25) is 10.1 Å². The summed E-state index contributed by atoms with van der Waals surface area (Å²) < 4.78 is 0.949. The SMILES string of the molecule is O=C1NC(=O)C(S)(c2nc3ccccc3s2)N1. The van der Waals surface area contributed by atoms with E-state index < -0.39 is 16.8 Å². The Kier molecular flexibility index (Phi) is 2.14. The second-order valence-corrected chi connectivity index (χ2v) is 5.31. The molecule has 1 fully saturated rings. The minimum absolute atomic E-state index is 0.463. The van der Waals surface area contributed by atoms with Crippen LogP contribution in [0.15, 0.2) is 24.3 Å². The van der Waals surface area contributed by atoms with Crippen molar-refractivity contribution in [2.45, 2.75) is 4.87 Å². The normalized spacial score (nSPS) is 23.8. The number of benzene rings is 1. The molecule has 17 heavy (non-hydrogen) atoms. The van der Waals surface area contributed by atoms with Crippen LogP contribution in [0.3, 0.4) is 0 Å². The number of carbonyl (C=O) groups is 2. The third-order valence-electron chi connectivity index (χ3n) is 2.45. The zero-order chi connectivity index (χ0) is 12.0. The van der Waals surface area contributed by atoms with Gasteiger partial charge >= 0.3 is 6.03 Å². The fourth-order valence-corrected chi connectivity index (χ4v) is 2.98. The number of nitrogens with zero attached hydrogens (tertiary/aromatic N) is 1. The van der Waals surface area contributed by atoms with Gasteiger partial charge in [0.2, 0.25) is 4.87 Å². The molecule has 0 aliphatic carbocycles. The lowest BCUT2D eigenvalue weighted by molar-refractivity contribution is -0.121. The van der Waals surface area contributed by atoms with Crippen molar-refractivity contribution in [2.24, 2.45) is 0 Å². The second kappa shape index (κ2) is 3.44. The van der Waals surface area contributed by atoms with Crippen LogP contribution in [-0.2, 0) is 9.67 Å². The van der Waals surface area contributed by atoms with Crippen molar-refractivity contribution < 1.29 is 9.59 Å². The first-order chi connectivity index (χ1) is 8.09. The summed E-state index contributed by atoms with van der Waals surface area (Å²) in [6.07, 6.45) is 0. The summed E-state index contributed by atoms with van der Waals surface area (Å²) in [6, 6.07) is 6.96. The first-order valence-electron chi connectivity index (χ1n) is 4.81. The molecule has 1 atom stereocenters. The molecule has 3 amide bonds. The molecular weight excluding hydrogens is 258 g/mol. The third kappa shape index (κ3) is 1.50. The molecular formula is C10H7N3O2S2. The minimum Gasteiger partial charge on any atom is -0.309 e. The van der Waals surface area contributed by atoms with Gasteiger partial charge in [0, 0.05) is 0 Å². The highest BCUT2D eigenvalue weighted by molar-refractivity contribution is 7.82. The van der Waals surface area contributed by atoms with Crippen LogP contribution in [-0.4, -0.2) is 16.9 Å². The molecule has 3 rings (SSSR count). The summed E-state index contributed by atoms with van der Waals surface area (Å²) >= 11 is 5.58. The van der Waals surface area contributed by atoms with Crippen LogP contribution in [0.5, 0.6) is 0 Å². The Hall–Kier alpha value is -1.60. The number of thiazole rings is 1. The van der Waals surface area contributed by atoms with Crippen molar-refractivity contribution >= 4 is 46.1 Å². The van der Waals surface area contributed by atoms with Crippen molar-refractivity contribution in [1.82, 2.24) is 15.6 Å². The van der Waals surface area contributed by atoms with Gasteiger partial charge in [-0.15, -0.1) is 24.0 Å². The lowest BCUT2D eigenvalue weighted by Crippen LogP contribution is -2.37. The molecule has 1 aliphatic heterocycles. The Morgan fingerprint density at radius 3 is 2.71 bits per heavy atom. The summed E-state index contributed by atoms with van der Waals surface area (Å²) in [5.74, 6) is -0.495. The molecule has 1 aliphatic rings. The van der Waals surface area contributed by atoms with E-state index in [9.17, 15) is 9.59 Å². The van der Waals surface area contributed by atoms with E-state index in [1.807, 2.05) is 24.3 Å². The Morgan fingerprint density at radius 1 is 1.29 bits per heavy atom. The smallest absolute Gasteiger partial charge is 0.309 e. The van der Waals surface area contributed by atoms with E-state index in [1.54, 1.807) is 0 Å². The number of imide groups is 1. The predicted molar refractivity (Wildman–Crippen MR) is 67.0 cm³/mol. The molecule has 7 heteroatoms. The molecule has 1 aromatic carbocycles. The summed E-state index contributed by atoms with van der Waals surface area (Å²) in [4.78, 5) is 25.8. The van der Waals surface area contributed by atoms with Gasteiger partial charge < -0.3 is 5.32 Å². The number of nitrogens with one attached hydrogen (secondary N) is 2. The van der Waals surface area contributed by atoms with Gasteiger partial charge in [-0.1, -0.05) is 12.1 Å². The Balaban J connectivity index is 2.15. The number of rotatable bonds is 1. The second-order valence-electron chi connectivity index (χ2n) is 3.61. The number of urea groups is 1. The fraction of sp³-hybridized carbons (Fsp3) is 0.100. The van der Waals surface area contributed by atoms with E-state index in [2.05, 4.69) is 28.2 Å². The van der Waals surface area contributed by atoms with Crippen LogP contribution in [0, 0.1) is 0 Å². The van der Waals surface area contributed by atoms with Crippen molar-refractivity contribution in [3.05, 3.63) is 29.3 Å². The van der Waals surface area contributed by atoms with E-state index in [0.29, 0.717) is 5.01 Å². The molecule has 0 saturated carbocycles. The van der Waals surface area contributed by atoms with Crippen molar-refractivity contribution in [3.8, 4) is 0 Å². The van der Waals surface area contributed by atoms with Gasteiger partial charge in [0.25, 0.3) is 5.91 Å². The average Bonchev–Trinajstić information content (AvgIpc) is 2.81. The Labute approximate surface area is 106 Å². The molecule has 5 nitrogen and oxygen atoms in total. The largest absolute Gasteiger partial charge is 0.323 e. The van der Waals surface area contributed by atoms with Gasteiger partial charge in [0.1, 0.15) is 5.01 Å². The standard InChI is InChI=1S/C10H7N3O2S2/c14-7-10(16,13-9(15)12-7)8-11-5-3-1-2-4-6(5)17-8/h1-4,16H,(H2,12,13,14,15). The van der Waals surface area contributed by atoms with Crippen LogP contribution in [0.1, 0.15) is 5.01 Å². The van der Waals surface area contributed by atoms with Crippen molar-refractivity contribution in [3.63, 3.8) is 0 Å². The molecule has 2 heterocycles. The number of fused-ring (bicyclic) bond motifs is 1. The van der Waals surface area contributed by atoms with Crippen LogP contribution in [0.4, 0.5) is 4.79 Å². The van der Waals surface area contributed by atoms with E-state index in [1.165, 1.54) is 11.3 Å². The number of hydrogen-bond donors (Lipinski definition) is 3. The molecule has 2 N–H and O–H groups in total. The monoisotopic (exact) mass is 265 g/mol. The molecule has 0 radical (unpaired) electrons. The summed E-state index contributed by atoms with van der Waals surface area (Å²) in [6.45, 7) is 0. The molecule has 1 unspecified atom stereocenters. The van der Waals surface area contributed by atoms with Gasteiger partial charge in [-0.05, 0) is 12.1 Å². The molecule has 0 bridgehead atoms. The number of para-hydroxylation sites is 1. The zero-order valence-corrected chi connectivity index (χ0v) is 10.1. The van der Waals surface area contributed by atoms with Crippen LogP contribution < -0.4 is 10.6 Å². The first-order valence-corrected chi connectivity index (χ1v) is 6.08. The maximum atomic E-state index is 11.7. The minimum atomic E-state index is -1.36. The lowest BCUT2D eigenvalue weighted by Gasteiger charge is -2.15. The predicted octanol–water partition coefficient (Wildman–Crippen LogP) is 1.22. The summed E-state index contributed by atoms with van der Waals surface area (Å²) in [5, 5.41) is 5.08. The topological polar surface area (TPSA) is 71.1 Å². The maximum absolute atomic E-state index is 11.7. The molecule has 1 saturated heterocycles. The van der Waals surface area contributed by atoms with E-state index in [0.717, 1.165) is 10.2 Å². The number of amides is 3. The van der Waals surface area contributed by atoms with Gasteiger partial charge in [-0.2, -0.15) is 0 Å². The highest BCUT2D eigenvalue weighted by Crippen LogP contribution is 2.34. The fourth-order valence-electron chi connectivity index (χ4n) is 1.62. The van der Waals surface area contributed by atoms with Gasteiger partial charge in [-0.25, -0.2) is 9.78 Å². The number of thiol groups is 1. The quantitative estimate of drug-likeness (QED) is 0.536. The summed E-state index contributed by atoms with van der Waals surface area (Å²) in [5.41, 5.74) is 0.787. The number of aromatic nitrogens is 1. The average molecular weight is 265 g/mol. The van der Waals surface area contributed by atoms with Gasteiger partial charge in [0.05, 0.1) is 10.2 Å². The first kappa shape index (κ1) is 10.5. The summed E-state index contributed by atoms with van der Waals surface area (Å²) in [7, 11) is 0. The van der Waals surface area contributed by atoms with E-state index in [4.69, 9.17) is 0 Å². The molecule has 2 aromatic rings. The highest BCUT2D eigenvalue weighted by Gasteiger charge is 2.47. The van der Waals surface area contributed by atoms with Crippen LogP contribution >= 0.6 is 24.0 Å². The number of hydrogen-bond acceptors (Lipinski definition) is 5.